The fourth-order valence-electron chi connectivity index (χ4n) is 2.64. The van der Waals surface area contributed by atoms with Crippen LogP contribution in [0, 0.1) is 5.92 Å². The summed E-state index contributed by atoms with van der Waals surface area (Å²) in [5, 5.41) is 0. The number of alkyl halides is 1. The Morgan fingerprint density at radius 1 is 1.29 bits per heavy atom. The molecule has 0 radical (unpaired) electrons. The maximum Gasteiger partial charge on any atom is 0.0601 e. The average molecular weight is 308 g/mol. The van der Waals surface area contributed by atoms with E-state index in [9.17, 15) is 0 Å². The van der Waals surface area contributed by atoms with Gasteiger partial charge in [0.15, 0.2) is 0 Å². The number of nitrogens with zero attached hydrogens (tertiary/aromatic N) is 2. The lowest BCUT2D eigenvalue weighted by atomic mass is 9.95. The first kappa shape index (κ1) is 11.1. The minimum atomic E-state index is 0.563. The van der Waals surface area contributed by atoms with Gasteiger partial charge in [0.2, 0.25) is 0 Å². The zero-order valence-corrected chi connectivity index (χ0v) is 11.5. The van der Waals surface area contributed by atoms with Crippen LogP contribution in [0.2, 0.25) is 0 Å². The summed E-state index contributed by atoms with van der Waals surface area (Å²) < 4.78 is 0.563. The van der Waals surface area contributed by atoms with Crippen LogP contribution < -0.4 is 0 Å². The van der Waals surface area contributed by atoms with Crippen LogP contribution >= 0.6 is 22.6 Å². The van der Waals surface area contributed by atoms with Crippen LogP contribution in [0.15, 0.2) is 0 Å². The van der Waals surface area contributed by atoms with Crippen molar-refractivity contribution in [2.24, 2.45) is 5.92 Å². The molecule has 0 spiro atoms. The molecule has 0 aromatic carbocycles. The third kappa shape index (κ3) is 2.61. The molecule has 2 saturated heterocycles. The van der Waals surface area contributed by atoms with Crippen LogP contribution in [-0.2, 0) is 0 Å². The molecule has 0 aromatic heterocycles. The number of halogens is 1. The van der Waals surface area contributed by atoms with Crippen molar-refractivity contribution in [2.75, 3.05) is 39.8 Å². The lowest BCUT2D eigenvalue weighted by molar-refractivity contribution is 0.107. The van der Waals surface area contributed by atoms with Crippen molar-refractivity contribution < 1.29 is 0 Å². The van der Waals surface area contributed by atoms with E-state index in [0.29, 0.717) is 3.42 Å². The molecule has 82 valence electrons. The second-order valence-electron chi connectivity index (χ2n) is 5.28. The number of likely N-dealkylation sites (tertiary alicyclic amines) is 2. The van der Waals surface area contributed by atoms with E-state index in [2.05, 4.69) is 46.4 Å². The molecule has 0 amide bonds. The standard InChI is InChI=1S/C11H21IN2/c1-10-3-5-14(6-4-10)9-11(12)7-13(2)8-11/h10H,3-9H2,1-2H3. The van der Waals surface area contributed by atoms with Gasteiger partial charge in [-0.25, -0.2) is 0 Å². The van der Waals surface area contributed by atoms with E-state index in [4.69, 9.17) is 0 Å². The largest absolute Gasteiger partial charge is 0.304 e. The van der Waals surface area contributed by atoms with Crippen molar-refractivity contribution in [3.63, 3.8) is 0 Å². The van der Waals surface area contributed by atoms with E-state index in [1.54, 1.807) is 0 Å². The van der Waals surface area contributed by atoms with Crippen molar-refractivity contribution in [3.05, 3.63) is 0 Å². The highest BCUT2D eigenvalue weighted by Gasteiger charge is 2.40. The Hall–Kier alpha value is 0.650. The third-order valence-electron chi connectivity index (χ3n) is 3.49. The van der Waals surface area contributed by atoms with E-state index in [1.807, 2.05) is 0 Å². The van der Waals surface area contributed by atoms with Crippen LogP contribution in [0.4, 0.5) is 0 Å². The fourth-order valence-corrected chi connectivity index (χ4v) is 4.29. The SMILES string of the molecule is CC1CCN(CC2(I)CN(C)C2)CC1. The van der Waals surface area contributed by atoms with E-state index >= 15 is 0 Å². The smallest absolute Gasteiger partial charge is 0.0601 e. The minimum absolute atomic E-state index is 0.563. The summed E-state index contributed by atoms with van der Waals surface area (Å²) in [5.74, 6) is 0.959. The summed E-state index contributed by atoms with van der Waals surface area (Å²) >= 11 is 2.67. The molecule has 0 N–H and O–H groups in total. The first-order valence-electron chi connectivity index (χ1n) is 5.67. The maximum absolute atomic E-state index is 2.67. The van der Waals surface area contributed by atoms with Gasteiger partial charge in [0.1, 0.15) is 0 Å². The lowest BCUT2D eigenvalue weighted by Crippen LogP contribution is -2.61. The monoisotopic (exact) mass is 308 g/mol. The number of hydrogen-bond donors (Lipinski definition) is 0. The van der Waals surface area contributed by atoms with Crippen molar-refractivity contribution in [1.82, 2.24) is 9.80 Å². The van der Waals surface area contributed by atoms with E-state index in [-0.39, 0.29) is 0 Å². The van der Waals surface area contributed by atoms with Gasteiger partial charge in [-0.3, -0.25) is 0 Å². The lowest BCUT2D eigenvalue weighted by Gasteiger charge is -2.47. The van der Waals surface area contributed by atoms with Gasteiger partial charge in [-0.15, -0.1) is 0 Å². The highest BCUT2D eigenvalue weighted by molar-refractivity contribution is 14.1. The first-order valence-corrected chi connectivity index (χ1v) is 6.75. The zero-order chi connectivity index (χ0) is 10.2. The Kier molecular flexibility index (Phi) is 3.39. The molecular formula is C11H21IN2. The Morgan fingerprint density at radius 3 is 2.36 bits per heavy atom. The summed E-state index contributed by atoms with van der Waals surface area (Å²) in [6.07, 6.45) is 2.81. The van der Waals surface area contributed by atoms with Gasteiger partial charge in [0.25, 0.3) is 0 Å². The Morgan fingerprint density at radius 2 is 1.86 bits per heavy atom. The van der Waals surface area contributed by atoms with Crippen LogP contribution in [-0.4, -0.2) is 53.0 Å². The van der Waals surface area contributed by atoms with Crippen LogP contribution in [0.25, 0.3) is 0 Å². The summed E-state index contributed by atoms with van der Waals surface area (Å²) in [6.45, 7) is 8.91. The van der Waals surface area contributed by atoms with Gasteiger partial charge in [-0.05, 0) is 38.9 Å². The number of rotatable bonds is 2. The summed E-state index contributed by atoms with van der Waals surface area (Å²) in [5.41, 5.74) is 0. The molecule has 2 aliphatic rings. The second-order valence-corrected chi connectivity index (χ2v) is 7.57. The Labute approximate surface area is 101 Å². The van der Waals surface area contributed by atoms with E-state index in [0.717, 1.165) is 5.92 Å². The molecule has 14 heavy (non-hydrogen) atoms. The van der Waals surface area contributed by atoms with Gasteiger partial charge in [0.05, 0.1) is 3.42 Å². The highest BCUT2D eigenvalue weighted by Crippen LogP contribution is 2.31. The fraction of sp³-hybridized carbons (Fsp3) is 1.00. The van der Waals surface area contributed by atoms with Crippen molar-refractivity contribution >= 4 is 22.6 Å². The predicted molar refractivity (Wildman–Crippen MR) is 69.1 cm³/mol. The molecule has 2 rings (SSSR count). The molecule has 0 bridgehead atoms. The predicted octanol–water partition coefficient (Wildman–Crippen LogP) is 1.84. The molecule has 3 heteroatoms. The number of piperidine rings is 1. The van der Waals surface area contributed by atoms with Gasteiger partial charge in [-0.2, -0.15) is 0 Å². The summed E-state index contributed by atoms with van der Waals surface area (Å²) in [4.78, 5) is 5.08. The zero-order valence-electron chi connectivity index (χ0n) is 9.30. The molecular weight excluding hydrogens is 287 g/mol. The molecule has 0 saturated carbocycles. The quantitative estimate of drug-likeness (QED) is 0.567. The highest BCUT2D eigenvalue weighted by atomic mass is 127. The molecule has 2 heterocycles. The van der Waals surface area contributed by atoms with Gasteiger partial charge < -0.3 is 9.80 Å². The molecule has 0 unspecified atom stereocenters. The van der Waals surface area contributed by atoms with Gasteiger partial charge >= 0.3 is 0 Å². The van der Waals surface area contributed by atoms with Crippen LogP contribution in [0.5, 0.6) is 0 Å². The average Bonchev–Trinajstić information content (AvgIpc) is 2.07. The molecule has 0 aliphatic carbocycles. The van der Waals surface area contributed by atoms with Gasteiger partial charge in [-0.1, -0.05) is 29.5 Å². The minimum Gasteiger partial charge on any atom is -0.304 e. The second kappa shape index (κ2) is 4.26. The summed E-state index contributed by atoms with van der Waals surface area (Å²) in [7, 11) is 2.22. The van der Waals surface area contributed by atoms with Crippen LogP contribution in [0.1, 0.15) is 19.8 Å². The normalized spacial score (nSPS) is 30.2. The molecule has 2 nitrogen and oxygen atoms in total. The van der Waals surface area contributed by atoms with E-state index < -0.39 is 0 Å². The first-order chi connectivity index (χ1) is 6.57. The number of hydrogen-bond acceptors (Lipinski definition) is 2. The summed E-state index contributed by atoms with van der Waals surface area (Å²) in [6, 6.07) is 0. The molecule has 0 atom stereocenters. The van der Waals surface area contributed by atoms with Crippen molar-refractivity contribution in [2.45, 2.75) is 23.2 Å². The van der Waals surface area contributed by atoms with Crippen LogP contribution in [0.3, 0.4) is 0 Å². The van der Waals surface area contributed by atoms with E-state index in [1.165, 1.54) is 45.6 Å². The van der Waals surface area contributed by atoms with Crippen molar-refractivity contribution in [3.8, 4) is 0 Å². The molecule has 0 aromatic rings. The topological polar surface area (TPSA) is 6.48 Å². The Bertz CT molecular complexity index is 193. The van der Waals surface area contributed by atoms with Crippen molar-refractivity contribution in [1.29, 1.82) is 0 Å². The molecule has 2 fully saturated rings. The molecule has 2 aliphatic heterocycles. The third-order valence-corrected chi connectivity index (χ3v) is 4.51. The van der Waals surface area contributed by atoms with Gasteiger partial charge in [0, 0.05) is 19.6 Å². The Balaban J connectivity index is 1.75. The maximum atomic E-state index is 2.67.